The van der Waals surface area contributed by atoms with Gasteiger partial charge in [0.2, 0.25) is 5.95 Å². The minimum atomic E-state index is 0.350. The van der Waals surface area contributed by atoms with E-state index < -0.39 is 0 Å². The summed E-state index contributed by atoms with van der Waals surface area (Å²) in [5, 5.41) is 3.67. The van der Waals surface area contributed by atoms with Crippen LogP contribution in [0.25, 0.3) is 0 Å². The molecular weight excluding hydrogens is 292 g/mol. The molecule has 2 heterocycles. The molecule has 2 aromatic heterocycles. The smallest absolute Gasteiger partial charge is 0.225 e. The highest BCUT2D eigenvalue weighted by atomic mass is 32.1. The summed E-state index contributed by atoms with van der Waals surface area (Å²) in [7, 11) is 3.92. The van der Waals surface area contributed by atoms with Crippen LogP contribution in [0.1, 0.15) is 40.9 Å². The number of aryl methyl sites for hydroxylation is 2. The molecular formula is C17H26N4S. The quantitative estimate of drug-likeness (QED) is 0.881. The predicted molar refractivity (Wildman–Crippen MR) is 94.6 cm³/mol. The summed E-state index contributed by atoms with van der Waals surface area (Å²) in [4.78, 5) is 13.5. The maximum absolute atomic E-state index is 4.58. The largest absolute Gasteiger partial charge is 0.347 e. The third-order valence-corrected chi connectivity index (χ3v) is 4.67. The Kier molecular flexibility index (Phi) is 5.53. The van der Waals surface area contributed by atoms with E-state index in [4.69, 9.17) is 0 Å². The first-order valence-corrected chi connectivity index (χ1v) is 8.49. The van der Waals surface area contributed by atoms with Crippen LogP contribution in [0.4, 0.5) is 5.95 Å². The van der Waals surface area contributed by atoms with Crippen LogP contribution < -0.4 is 10.2 Å². The van der Waals surface area contributed by atoms with Crippen molar-refractivity contribution in [3.63, 3.8) is 0 Å². The van der Waals surface area contributed by atoms with Gasteiger partial charge >= 0.3 is 0 Å². The summed E-state index contributed by atoms with van der Waals surface area (Å²) in [6.45, 7) is 9.65. The number of hydrogen-bond donors (Lipinski definition) is 1. The lowest BCUT2D eigenvalue weighted by atomic mass is 9.96. The maximum Gasteiger partial charge on any atom is 0.225 e. The standard InChI is InChI=1S/C17H26N4S/c1-11(2)16(15-9-12(3)22-13(15)4)19-10-14-7-8-18-17(20-14)21(5)6/h7-9,11,16,19H,10H2,1-6H3/t16-/m1/s1. The molecule has 22 heavy (non-hydrogen) atoms. The molecule has 0 aliphatic carbocycles. The fourth-order valence-corrected chi connectivity index (χ4v) is 3.55. The van der Waals surface area contributed by atoms with Gasteiger partial charge in [0.25, 0.3) is 0 Å². The van der Waals surface area contributed by atoms with Gasteiger partial charge in [-0.15, -0.1) is 11.3 Å². The van der Waals surface area contributed by atoms with Gasteiger partial charge < -0.3 is 10.2 Å². The summed E-state index contributed by atoms with van der Waals surface area (Å²) < 4.78 is 0. The van der Waals surface area contributed by atoms with Crippen LogP contribution in [0, 0.1) is 19.8 Å². The van der Waals surface area contributed by atoms with E-state index in [1.165, 1.54) is 15.3 Å². The summed E-state index contributed by atoms with van der Waals surface area (Å²) in [6.07, 6.45) is 1.82. The van der Waals surface area contributed by atoms with E-state index in [9.17, 15) is 0 Å². The summed E-state index contributed by atoms with van der Waals surface area (Å²) >= 11 is 1.87. The Morgan fingerprint density at radius 2 is 2.00 bits per heavy atom. The van der Waals surface area contributed by atoms with Crippen LogP contribution in [-0.2, 0) is 6.54 Å². The Hall–Kier alpha value is -1.46. The first-order chi connectivity index (χ1) is 10.4. The van der Waals surface area contributed by atoms with Crippen molar-refractivity contribution < 1.29 is 0 Å². The number of rotatable bonds is 6. The molecule has 0 saturated carbocycles. The molecule has 120 valence electrons. The third kappa shape index (κ3) is 4.05. The lowest BCUT2D eigenvalue weighted by Gasteiger charge is -2.23. The molecule has 0 spiro atoms. The lowest BCUT2D eigenvalue weighted by Crippen LogP contribution is -2.26. The van der Waals surface area contributed by atoms with Gasteiger partial charge in [0.05, 0.1) is 5.69 Å². The van der Waals surface area contributed by atoms with Crippen molar-refractivity contribution >= 4 is 17.3 Å². The second-order valence-corrected chi connectivity index (χ2v) is 7.67. The Morgan fingerprint density at radius 3 is 2.55 bits per heavy atom. The van der Waals surface area contributed by atoms with E-state index in [2.05, 4.69) is 49.0 Å². The van der Waals surface area contributed by atoms with Crippen molar-refractivity contribution in [1.29, 1.82) is 0 Å². The average molecular weight is 318 g/mol. The molecule has 0 amide bonds. The second kappa shape index (κ2) is 7.20. The number of hydrogen-bond acceptors (Lipinski definition) is 5. The van der Waals surface area contributed by atoms with E-state index >= 15 is 0 Å². The summed E-state index contributed by atoms with van der Waals surface area (Å²) in [5.41, 5.74) is 2.44. The van der Waals surface area contributed by atoms with Gasteiger partial charge in [-0.2, -0.15) is 0 Å². The van der Waals surface area contributed by atoms with E-state index in [1.807, 2.05) is 42.6 Å². The van der Waals surface area contributed by atoms with Crippen molar-refractivity contribution in [3.05, 3.63) is 39.3 Å². The normalized spacial score (nSPS) is 12.7. The molecule has 0 unspecified atom stereocenters. The zero-order valence-corrected chi connectivity index (χ0v) is 15.2. The zero-order valence-electron chi connectivity index (χ0n) is 14.3. The topological polar surface area (TPSA) is 41.1 Å². The number of nitrogens with zero attached hydrogens (tertiary/aromatic N) is 3. The van der Waals surface area contributed by atoms with Crippen molar-refractivity contribution in [3.8, 4) is 0 Å². The first-order valence-electron chi connectivity index (χ1n) is 7.68. The minimum absolute atomic E-state index is 0.350. The van der Waals surface area contributed by atoms with Gasteiger partial charge in [-0.05, 0) is 37.5 Å². The van der Waals surface area contributed by atoms with Gasteiger partial charge in [0.1, 0.15) is 0 Å². The predicted octanol–water partition coefficient (Wildman–Crippen LogP) is 3.71. The Bertz CT molecular complexity index is 619. The minimum Gasteiger partial charge on any atom is -0.347 e. The van der Waals surface area contributed by atoms with Gasteiger partial charge in [-0.25, -0.2) is 9.97 Å². The SMILES string of the molecule is Cc1cc([C@H](NCc2ccnc(N(C)C)n2)C(C)C)c(C)s1. The third-order valence-electron chi connectivity index (χ3n) is 3.68. The molecule has 0 saturated heterocycles. The van der Waals surface area contributed by atoms with Crippen LogP contribution in [0.2, 0.25) is 0 Å². The molecule has 2 rings (SSSR count). The second-order valence-electron chi connectivity index (χ2n) is 6.21. The van der Waals surface area contributed by atoms with E-state index in [0.717, 1.165) is 18.2 Å². The van der Waals surface area contributed by atoms with Crippen molar-refractivity contribution in [1.82, 2.24) is 15.3 Å². The van der Waals surface area contributed by atoms with E-state index in [-0.39, 0.29) is 0 Å². The Balaban J connectivity index is 2.13. The molecule has 2 aromatic rings. The molecule has 4 nitrogen and oxygen atoms in total. The van der Waals surface area contributed by atoms with Crippen LogP contribution in [0.3, 0.4) is 0 Å². The molecule has 0 aliphatic heterocycles. The number of thiophene rings is 1. The monoisotopic (exact) mass is 318 g/mol. The fraction of sp³-hybridized carbons (Fsp3) is 0.529. The van der Waals surface area contributed by atoms with Crippen molar-refractivity contribution in [2.75, 3.05) is 19.0 Å². The molecule has 5 heteroatoms. The highest BCUT2D eigenvalue weighted by Gasteiger charge is 2.19. The molecule has 1 atom stereocenters. The summed E-state index contributed by atoms with van der Waals surface area (Å²) in [6, 6.07) is 4.63. The Labute approximate surface area is 137 Å². The zero-order chi connectivity index (χ0) is 16.3. The number of nitrogens with one attached hydrogen (secondary N) is 1. The lowest BCUT2D eigenvalue weighted by molar-refractivity contribution is 0.408. The first kappa shape index (κ1) is 16.9. The van der Waals surface area contributed by atoms with Crippen LogP contribution in [0.5, 0.6) is 0 Å². The highest BCUT2D eigenvalue weighted by Crippen LogP contribution is 2.30. The number of anilines is 1. The molecule has 0 aromatic carbocycles. The highest BCUT2D eigenvalue weighted by molar-refractivity contribution is 7.12. The molecule has 0 fully saturated rings. The van der Waals surface area contributed by atoms with Crippen molar-refractivity contribution in [2.24, 2.45) is 5.92 Å². The van der Waals surface area contributed by atoms with E-state index in [1.54, 1.807) is 0 Å². The maximum atomic E-state index is 4.58. The summed E-state index contributed by atoms with van der Waals surface area (Å²) in [5.74, 6) is 1.28. The molecule has 0 aliphatic rings. The molecule has 0 radical (unpaired) electrons. The van der Waals surface area contributed by atoms with E-state index in [0.29, 0.717) is 12.0 Å². The number of aromatic nitrogens is 2. The fourth-order valence-electron chi connectivity index (χ4n) is 2.58. The van der Waals surface area contributed by atoms with Gasteiger partial charge in [-0.1, -0.05) is 13.8 Å². The average Bonchev–Trinajstić information content (AvgIpc) is 2.78. The van der Waals surface area contributed by atoms with Crippen LogP contribution in [0.15, 0.2) is 18.3 Å². The van der Waals surface area contributed by atoms with Gasteiger partial charge in [0, 0.05) is 42.6 Å². The van der Waals surface area contributed by atoms with Crippen LogP contribution >= 0.6 is 11.3 Å². The molecule has 1 N–H and O–H groups in total. The van der Waals surface area contributed by atoms with Crippen LogP contribution in [-0.4, -0.2) is 24.1 Å². The Morgan fingerprint density at radius 1 is 1.27 bits per heavy atom. The van der Waals surface area contributed by atoms with Gasteiger partial charge in [0.15, 0.2) is 0 Å². The molecule has 0 bridgehead atoms. The van der Waals surface area contributed by atoms with Gasteiger partial charge in [-0.3, -0.25) is 0 Å². The van der Waals surface area contributed by atoms with Crippen molar-refractivity contribution in [2.45, 2.75) is 40.3 Å².